The van der Waals surface area contributed by atoms with Crippen LogP contribution in [0.15, 0.2) is 287 Å². The van der Waals surface area contributed by atoms with Crippen LogP contribution in [-0.4, -0.2) is 123 Å². The largest absolute Gasteiger partial charge is 0.299 e. The molecule has 23 nitrogen and oxygen atoms in total. The molecule has 0 saturated heterocycles. The molecule has 0 saturated carbocycles. The number of aromatic nitrogens is 12. The molecule has 0 radical (unpaired) electrons. The van der Waals surface area contributed by atoms with Gasteiger partial charge < -0.3 is 0 Å². The molecular weight excluding hydrogens is 1850 g/mol. The molecular formula is C125H176N12O11. The van der Waals surface area contributed by atoms with Gasteiger partial charge in [-0.15, -0.1) is 0 Å². The van der Waals surface area contributed by atoms with Gasteiger partial charge in [0.1, 0.15) is 81.1 Å². The average molecular weight is 2020 g/mol. The molecule has 802 valence electrons. The zero-order valence-corrected chi connectivity index (χ0v) is 95.1. The van der Waals surface area contributed by atoms with Crippen molar-refractivity contribution in [1.82, 2.24) is 59.8 Å². The lowest BCUT2D eigenvalue weighted by atomic mass is 10.0. The second kappa shape index (κ2) is 89.6. The van der Waals surface area contributed by atoms with Crippen LogP contribution < -0.4 is 0 Å². The third-order valence-electron chi connectivity index (χ3n) is 20.1. The molecule has 148 heavy (non-hydrogen) atoms. The highest BCUT2D eigenvalue weighted by atomic mass is 16.2. The van der Waals surface area contributed by atoms with E-state index < -0.39 is 0 Å². The molecule has 12 rings (SSSR count). The second-order valence-electron chi connectivity index (χ2n) is 35.9. The van der Waals surface area contributed by atoms with E-state index in [4.69, 9.17) is 0 Å². The number of Topliss-reactive ketones (excluding diaryl/α,β-unsaturated/α-hetero) is 11. The molecule has 23 heteroatoms. The molecule has 0 bridgehead atoms. The number of pyridine rings is 6. The van der Waals surface area contributed by atoms with E-state index in [9.17, 15) is 52.7 Å². The molecule has 0 aliphatic carbocycles. The van der Waals surface area contributed by atoms with Crippen molar-refractivity contribution >= 4 is 63.6 Å². The molecule has 0 fully saturated rings. The molecule has 12 aromatic rings. The quantitative estimate of drug-likeness (QED) is 0.0361. The number of hydrogen-bond acceptors (Lipinski definition) is 23. The Morgan fingerprint density at radius 2 is 0.399 bits per heavy atom. The van der Waals surface area contributed by atoms with Crippen LogP contribution >= 0.6 is 0 Å². The van der Waals surface area contributed by atoms with E-state index in [1.54, 1.807) is 105 Å². The Bertz CT molecular complexity index is 4440. The molecule has 3 aromatic carbocycles. The van der Waals surface area contributed by atoms with Gasteiger partial charge in [0.15, 0.2) is 0 Å². The van der Waals surface area contributed by atoms with E-state index >= 15 is 0 Å². The van der Waals surface area contributed by atoms with Gasteiger partial charge in [0, 0.05) is 226 Å². The Morgan fingerprint density at radius 1 is 0.176 bits per heavy atom. The summed E-state index contributed by atoms with van der Waals surface area (Å²) in [4.78, 5) is 173. The topological polar surface area (TPSA) is 342 Å². The first-order valence-corrected chi connectivity index (χ1v) is 52.3. The standard InChI is InChI=1S/C14H15N3O.3C11H14O.5C10H13NO.2C9H12N2O.5C2H6/c1-10(2)13(18)8-14-16-7-5-12(17-14)11-4-3-6-15-9-11;3*1-9(2)11(12)8-10-6-4-3-5-7-10;1-8(2)10(12)7-9-3-5-11-6-4-9;2*1-8(2)10(12)6-9-4-3-5-11-7-9;2*1-8(2)10(12)7-9-5-3-4-6-11-9;2*1-7(2)8(12)6-9-10-4-3-5-11-9;5*1-2/h3-7,9-10H,8H2,1-2H3;3*3-7,9H,8H2,1-2H3;3-6,8H,7H2,1-2H3;2*3-5,7-8H,6H2,1-2H3;2*3-6,8H,7H2,1-2H3;2*3-5,7H,6H2,1-2H3;5*1-2H3. The first-order valence-electron chi connectivity index (χ1n) is 52.3. The third-order valence-corrected chi connectivity index (χ3v) is 20.1. The van der Waals surface area contributed by atoms with E-state index in [1.807, 2.05) is 404 Å². The van der Waals surface area contributed by atoms with Gasteiger partial charge in [-0.1, -0.05) is 337 Å². The molecule has 0 unspecified atom stereocenters. The second-order valence-corrected chi connectivity index (χ2v) is 35.9. The van der Waals surface area contributed by atoms with Gasteiger partial charge in [-0.3, -0.25) is 82.6 Å². The zero-order valence-electron chi connectivity index (χ0n) is 95.1. The molecule has 9 heterocycles. The van der Waals surface area contributed by atoms with Gasteiger partial charge in [-0.2, -0.15) is 0 Å². The van der Waals surface area contributed by atoms with Crippen molar-refractivity contribution in [3.8, 4) is 11.3 Å². The summed E-state index contributed by atoms with van der Waals surface area (Å²) in [6.45, 7) is 62.0. The number of carbonyl (C=O) groups excluding carboxylic acids is 11. The van der Waals surface area contributed by atoms with Crippen LogP contribution in [0.1, 0.15) is 284 Å². The fourth-order valence-electron chi connectivity index (χ4n) is 10.6. The Kier molecular flexibility index (Phi) is 85.0. The van der Waals surface area contributed by atoms with Gasteiger partial charge in [0.2, 0.25) is 0 Å². The average Bonchev–Trinajstić information content (AvgIpc) is 0.851. The Balaban J connectivity index is -0.000000765. The Labute approximate surface area is 888 Å². The van der Waals surface area contributed by atoms with Crippen molar-refractivity contribution in [3.05, 3.63) is 349 Å². The number of hydrogen-bond donors (Lipinski definition) is 0. The van der Waals surface area contributed by atoms with Crippen LogP contribution in [0.3, 0.4) is 0 Å². The maximum atomic E-state index is 11.7. The summed E-state index contributed by atoms with van der Waals surface area (Å²) in [7, 11) is 0. The van der Waals surface area contributed by atoms with Crippen molar-refractivity contribution < 1.29 is 52.7 Å². The lowest BCUT2D eigenvalue weighted by Gasteiger charge is -2.05. The van der Waals surface area contributed by atoms with Crippen LogP contribution in [0.2, 0.25) is 0 Å². The molecule has 9 aromatic heterocycles. The minimum Gasteiger partial charge on any atom is -0.299 e. The fraction of sp³-hybridized carbons (Fsp3) is 0.432. The van der Waals surface area contributed by atoms with Crippen molar-refractivity contribution in [1.29, 1.82) is 0 Å². The van der Waals surface area contributed by atoms with Gasteiger partial charge in [-0.05, 0) is 112 Å². The molecule has 0 aliphatic heterocycles. The summed E-state index contributed by atoms with van der Waals surface area (Å²) < 4.78 is 0. The summed E-state index contributed by atoms with van der Waals surface area (Å²) in [5.41, 5.74) is 9.80. The monoisotopic (exact) mass is 2020 g/mol. The van der Waals surface area contributed by atoms with Crippen molar-refractivity contribution in [3.63, 3.8) is 0 Å². The number of nitrogens with zero attached hydrogens (tertiary/aromatic N) is 12. The van der Waals surface area contributed by atoms with E-state index in [0.29, 0.717) is 99.0 Å². The maximum Gasteiger partial charge on any atom is 0.142 e. The zero-order chi connectivity index (χ0) is 113. The summed E-state index contributed by atoms with van der Waals surface area (Å²) in [6.07, 6.45) is 30.6. The van der Waals surface area contributed by atoms with E-state index in [0.717, 1.165) is 56.0 Å². The summed E-state index contributed by atoms with van der Waals surface area (Å²) >= 11 is 0. The lowest BCUT2D eigenvalue weighted by Crippen LogP contribution is -2.12. The normalized spacial score (nSPS) is 9.80. The van der Waals surface area contributed by atoms with Crippen molar-refractivity contribution in [2.24, 2.45) is 65.1 Å². The van der Waals surface area contributed by atoms with Crippen LogP contribution in [0, 0.1) is 65.1 Å². The molecule has 0 spiro atoms. The summed E-state index contributed by atoms with van der Waals surface area (Å²) in [6, 6.07) is 61.2. The highest BCUT2D eigenvalue weighted by molar-refractivity contribution is 5.87. The van der Waals surface area contributed by atoms with Gasteiger partial charge in [0.05, 0.1) is 25.0 Å². The smallest absolute Gasteiger partial charge is 0.142 e. The summed E-state index contributed by atoms with van der Waals surface area (Å²) in [5.74, 6) is 5.65. The lowest BCUT2D eigenvalue weighted by molar-refractivity contribution is -0.122. The van der Waals surface area contributed by atoms with Gasteiger partial charge in [0.25, 0.3) is 0 Å². The first-order chi connectivity index (χ1) is 70.6. The number of carbonyl (C=O) groups is 11. The van der Waals surface area contributed by atoms with E-state index in [-0.39, 0.29) is 118 Å². The van der Waals surface area contributed by atoms with Crippen LogP contribution in [0.4, 0.5) is 0 Å². The number of rotatable bonds is 34. The van der Waals surface area contributed by atoms with Crippen LogP contribution in [0.25, 0.3) is 11.3 Å². The molecule has 0 N–H and O–H groups in total. The minimum atomic E-state index is 0.00986. The molecule has 0 atom stereocenters. The molecule has 0 aliphatic rings. The van der Waals surface area contributed by atoms with E-state index in [2.05, 4.69) is 59.8 Å². The first kappa shape index (κ1) is 140. The number of ketones is 11. The van der Waals surface area contributed by atoms with Crippen molar-refractivity contribution in [2.45, 2.75) is 292 Å². The van der Waals surface area contributed by atoms with Crippen molar-refractivity contribution in [2.75, 3.05) is 0 Å². The molecule has 0 amide bonds. The Morgan fingerprint density at radius 3 is 0.649 bits per heavy atom. The predicted octanol–water partition coefficient (Wildman–Crippen LogP) is 26.5. The van der Waals surface area contributed by atoms with Crippen LogP contribution in [0.5, 0.6) is 0 Å². The van der Waals surface area contributed by atoms with Crippen LogP contribution in [-0.2, 0) is 123 Å². The summed E-state index contributed by atoms with van der Waals surface area (Å²) in [5, 5.41) is 0. The minimum absolute atomic E-state index is 0.00986. The predicted molar refractivity (Wildman–Crippen MR) is 606 cm³/mol. The highest BCUT2D eigenvalue weighted by Gasteiger charge is 2.17. The van der Waals surface area contributed by atoms with Gasteiger partial charge >= 0.3 is 0 Å². The van der Waals surface area contributed by atoms with E-state index in [1.165, 1.54) is 0 Å². The maximum absolute atomic E-state index is 11.7. The SMILES string of the molecule is CC.CC.CC.CC.CC.CC(C)C(=O)Cc1ccccc1.CC(C)C(=O)Cc1ccccc1.CC(C)C(=O)Cc1ccccc1.CC(C)C(=O)Cc1ccccn1.CC(C)C(=O)Cc1ccccn1.CC(C)C(=O)Cc1cccnc1.CC(C)C(=O)Cc1cccnc1.CC(C)C(=O)Cc1ccncc1.CC(C)C(=O)Cc1nccc(-c2cccnc2)n1.CC(C)C(=O)Cc1ncccn1.CC(C)C(=O)Cc1ncccn1. The highest BCUT2D eigenvalue weighted by Crippen LogP contribution is 2.17. The number of benzene rings is 3. The van der Waals surface area contributed by atoms with Gasteiger partial charge in [-0.25, -0.2) is 29.9 Å². The fourth-order valence-corrected chi connectivity index (χ4v) is 10.6. The Hall–Kier alpha value is -13.8. The third kappa shape index (κ3) is 73.3.